The van der Waals surface area contributed by atoms with Gasteiger partial charge >= 0.3 is 0 Å². The highest BCUT2D eigenvalue weighted by Gasteiger charge is 2.31. The molecule has 1 aliphatic rings. The molecule has 0 spiro atoms. The lowest BCUT2D eigenvalue weighted by Gasteiger charge is -2.31. The Kier molecular flexibility index (Phi) is 5.52. The highest BCUT2D eigenvalue weighted by Crippen LogP contribution is 2.34. The number of nitrogens with one attached hydrogen (secondary N) is 1. The van der Waals surface area contributed by atoms with E-state index in [2.05, 4.69) is 5.32 Å². The second kappa shape index (κ2) is 7.61. The fourth-order valence-corrected chi connectivity index (χ4v) is 4.25. The number of benzene rings is 2. The number of thioether (sulfide) groups is 1. The van der Waals surface area contributed by atoms with E-state index in [1.165, 1.54) is 0 Å². The largest absolute Gasteiger partial charge is 0.377 e. The lowest BCUT2D eigenvalue weighted by molar-refractivity contribution is -0.122. The van der Waals surface area contributed by atoms with E-state index >= 15 is 0 Å². The van der Waals surface area contributed by atoms with Crippen molar-refractivity contribution in [3.05, 3.63) is 64.1 Å². The standard InChI is InChI=1S/C18H17Cl2NOS/c19-13-6-4-12(5-7-13)18(16-11-23-9-8-17(16)22)21-15-3-1-2-14(20)10-15/h1-7,10,16,18,21H,8-9,11H2/t16-,18+/m0/s1. The molecule has 1 fully saturated rings. The molecule has 5 heteroatoms. The number of anilines is 1. The summed E-state index contributed by atoms with van der Waals surface area (Å²) < 4.78 is 0. The summed E-state index contributed by atoms with van der Waals surface area (Å²) in [6, 6.07) is 15.2. The van der Waals surface area contributed by atoms with Crippen LogP contribution in [0.3, 0.4) is 0 Å². The molecule has 0 aliphatic carbocycles. The molecule has 0 aromatic heterocycles. The first-order valence-corrected chi connectivity index (χ1v) is 9.42. The van der Waals surface area contributed by atoms with Crippen molar-refractivity contribution in [1.29, 1.82) is 0 Å². The molecule has 2 nitrogen and oxygen atoms in total. The summed E-state index contributed by atoms with van der Waals surface area (Å²) in [5.41, 5.74) is 1.98. The molecule has 0 radical (unpaired) electrons. The van der Waals surface area contributed by atoms with E-state index in [0.29, 0.717) is 22.2 Å². The Bertz CT molecular complexity index is 690. The summed E-state index contributed by atoms with van der Waals surface area (Å²) in [7, 11) is 0. The third-order valence-corrected chi connectivity index (χ3v) is 5.56. The molecule has 120 valence electrons. The van der Waals surface area contributed by atoms with Crippen LogP contribution in [0.2, 0.25) is 10.0 Å². The van der Waals surface area contributed by atoms with E-state index in [4.69, 9.17) is 23.2 Å². The second-order valence-corrected chi connectivity index (χ2v) is 7.60. The van der Waals surface area contributed by atoms with Gasteiger partial charge < -0.3 is 5.32 Å². The monoisotopic (exact) mass is 365 g/mol. The SMILES string of the molecule is O=C1CCSC[C@@H]1[C@H](Nc1cccc(Cl)c1)c1ccc(Cl)cc1. The molecule has 2 atom stereocenters. The van der Waals surface area contributed by atoms with Crippen LogP contribution in [-0.4, -0.2) is 17.3 Å². The zero-order valence-corrected chi connectivity index (χ0v) is 14.8. The first-order chi connectivity index (χ1) is 11.1. The minimum absolute atomic E-state index is 0.0473. The van der Waals surface area contributed by atoms with Crippen molar-refractivity contribution in [2.75, 3.05) is 16.8 Å². The lowest BCUT2D eigenvalue weighted by atomic mass is 9.89. The van der Waals surface area contributed by atoms with Gasteiger partial charge in [-0.1, -0.05) is 41.4 Å². The van der Waals surface area contributed by atoms with Gasteiger partial charge in [0.1, 0.15) is 5.78 Å². The Balaban J connectivity index is 1.92. The van der Waals surface area contributed by atoms with Crippen LogP contribution in [0, 0.1) is 5.92 Å². The number of hydrogen-bond donors (Lipinski definition) is 1. The molecule has 1 saturated heterocycles. The van der Waals surface area contributed by atoms with Gasteiger partial charge in [-0.05, 0) is 35.9 Å². The van der Waals surface area contributed by atoms with E-state index in [-0.39, 0.29) is 12.0 Å². The number of halogens is 2. The topological polar surface area (TPSA) is 29.1 Å². The van der Waals surface area contributed by atoms with Crippen LogP contribution < -0.4 is 5.32 Å². The molecule has 0 unspecified atom stereocenters. The smallest absolute Gasteiger partial charge is 0.140 e. The fraction of sp³-hybridized carbons (Fsp3) is 0.278. The number of ketones is 1. The Morgan fingerprint density at radius 2 is 1.87 bits per heavy atom. The predicted molar refractivity (Wildman–Crippen MR) is 99.7 cm³/mol. The van der Waals surface area contributed by atoms with Gasteiger partial charge in [-0.15, -0.1) is 0 Å². The normalized spacial score (nSPS) is 19.4. The van der Waals surface area contributed by atoms with Gasteiger partial charge in [-0.2, -0.15) is 11.8 Å². The third-order valence-electron chi connectivity index (χ3n) is 3.98. The van der Waals surface area contributed by atoms with Crippen molar-refractivity contribution >= 4 is 46.4 Å². The molecule has 2 aromatic carbocycles. The molecule has 1 heterocycles. The highest BCUT2D eigenvalue weighted by atomic mass is 35.5. The molecular weight excluding hydrogens is 349 g/mol. The molecule has 0 bridgehead atoms. The van der Waals surface area contributed by atoms with Crippen molar-refractivity contribution in [3.63, 3.8) is 0 Å². The summed E-state index contributed by atoms with van der Waals surface area (Å²) in [4.78, 5) is 12.4. The Morgan fingerprint density at radius 3 is 2.57 bits per heavy atom. The summed E-state index contributed by atoms with van der Waals surface area (Å²) in [5, 5.41) is 4.86. The van der Waals surface area contributed by atoms with Crippen molar-refractivity contribution in [3.8, 4) is 0 Å². The minimum atomic E-state index is -0.0777. The number of carbonyl (C=O) groups is 1. The number of rotatable bonds is 4. The van der Waals surface area contributed by atoms with Gasteiger partial charge in [0.05, 0.1) is 12.0 Å². The van der Waals surface area contributed by atoms with Gasteiger partial charge in [0.25, 0.3) is 0 Å². The molecule has 1 aliphatic heterocycles. The highest BCUT2D eigenvalue weighted by molar-refractivity contribution is 7.99. The zero-order valence-electron chi connectivity index (χ0n) is 12.5. The first kappa shape index (κ1) is 16.7. The van der Waals surface area contributed by atoms with Crippen LogP contribution in [0.1, 0.15) is 18.0 Å². The minimum Gasteiger partial charge on any atom is -0.377 e. The van der Waals surface area contributed by atoms with Gasteiger partial charge in [-0.25, -0.2) is 0 Å². The van der Waals surface area contributed by atoms with E-state index in [1.54, 1.807) is 0 Å². The van der Waals surface area contributed by atoms with Gasteiger partial charge in [0.2, 0.25) is 0 Å². The summed E-state index contributed by atoms with van der Waals surface area (Å²) in [6.45, 7) is 0. The third kappa shape index (κ3) is 4.23. The van der Waals surface area contributed by atoms with Crippen LogP contribution in [0.25, 0.3) is 0 Å². The fourth-order valence-electron chi connectivity index (χ4n) is 2.79. The van der Waals surface area contributed by atoms with Crippen molar-refractivity contribution in [1.82, 2.24) is 0 Å². The maximum absolute atomic E-state index is 12.4. The van der Waals surface area contributed by atoms with Crippen molar-refractivity contribution < 1.29 is 4.79 Å². The summed E-state index contributed by atoms with van der Waals surface area (Å²) in [5.74, 6) is 2.02. The number of carbonyl (C=O) groups excluding carboxylic acids is 1. The van der Waals surface area contributed by atoms with Gasteiger partial charge in [0.15, 0.2) is 0 Å². The Hall–Kier alpha value is -1.16. The average molecular weight is 366 g/mol. The van der Waals surface area contributed by atoms with E-state index in [1.807, 2.05) is 60.3 Å². The quantitative estimate of drug-likeness (QED) is 0.778. The van der Waals surface area contributed by atoms with Gasteiger partial charge in [-0.3, -0.25) is 4.79 Å². The molecule has 23 heavy (non-hydrogen) atoms. The van der Waals surface area contributed by atoms with Crippen molar-refractivity contribution in [2.24, 2.45) is 5.92 Å². The van der Waals surface area contributed by atoms with Crippen LogP contribution in [-0.2, 0) is 4.79 Å². The molecule has 2 aromatic rings. The molecular formula is C18H17Cl2NOS. The number of Topliss-reactive ketones (excluding diaryl/α,β-unsaturated/α-hetero) is 1. The van der Waals surface area contributed by atoms with Crippen LogP contribution in [0.5, 0.6) is 0 Å². The van der Waals surface area contributed by atoms with E-state index in [9.17, 15) is 4.79 Å². The Labute approximate surface area is 150 Å². The van der Waals surface area contributed by atoms with Crippen LogP contribution in [0.4, 0.5) is 5.69 Å². The van der Waals surface area contributed by atoms with Gasteiger partial charge in [0, 0.05) is 33.7 Å². The first-order valence-electron chi connectivity index (χ1n) is 7.51. The molecule has 0 saturated carbocycles. The maximum atomic E-state index is 12.4. The molecule has 0 amide bonds. The molecule has 3 rings (SSSR count). The van der Waals surface area contributed by atoms with E-state index in [0.717, 1.165) is 22.8 Å². The summed E-state index contributed by atoms with van der Waals surface area (Å²) >= 11 is 13.9. The lowest BCUT2D eigenvalue weighted by Crippen LogP contribution is -2.32. The second-order valence-electron chi connectivity index (χ2n) is 5.58. The Morgan fingerprint density at radius 1 is 1.09 bits per heavy atom. The zero-order chi connectivity index (χ0) is 16.2. The van der Waals surface area contributed by atoms with Crippen LogP contribution >= 0.6 is 35.0 Å². The van der Waals surface area contributed by atoms with Crippen LogP contribution in [0.15, 0.2) is 48.5 Å². The predicted octanol–water partition coefficient (Wildman–Crippen LogP) is 5.47. The molecule has 1 N–H and O–H groups in total. The average Bonchev–Trinajstić information content (AvgIpc) is 2.54. The number of hydrogen-bond acceptors (Lipinski definition) is 3. The van der Waals surface area contributed by atoms with E-state index < -0.39 is 0 Å². The maximum Gasteiger partial charge on any atom is 0.140 e. The summed E-state index contributed by atoms with van der Waals surface area (Å²) in [6.07, 6.45) is 0.636. The van der Waals surface area contributed by atoms with Crippen molar-refractivity contribution in [2.45, 2.75) is 12.5 Å².